The van der Waals surface area contributed by atoms with Gasteiger partial charge < -0.3 is 0 Å². The summed E-state index contributed by atoms with van der Waals surface area (Å²) in [6, 6.07) is 0. The molecule has 0 fully saturated rings. The molecule has 60 valence electrons. The van der Waals surface area contributed by atoms with Crippen LogP contribution in [0, 0.1) is 0 Å². The molecule has 0 rings (SSSR count). The molecule has 0 saturated carbocycles. The van der Waals surface area contributed by atoms with E-state index in [1.807, 2.05) is 0 Å². The third-order valence-corrected chi connectivity index (χ3v) is 1.44. The lowest BCUT2D eigenvalue weighted by Crippen LogP contribution is -1.88. The maximum atomic E-state index is 10.2. The average Bonchev–Trinajstić information content (AvgIpc) is 1.87. The molecule has 4 heteroatoms. The van der Waals surface area contributed by atoms with Gasteiger partial charge in [0.2, 0.25) is 5.24 Å². The lowest BCUT2D eigenvalue weighted by Gasteiger charge is -1.94. The van der Waals surface area contributed by atoms with Gasteiger partial charge in [-0.3, -0.25) is 9.08 Å². The molecule has 0 amide bonds. The summed E-state index contributed by atoms with van der Waals surface area (Å²) in [4.78, 5) is 10.2. The number of hydrogen-bond acceptors (Lipinski definition) is 2. The molecular formula is C6H10Cl2O2. The SMILES string of the molecule is O=C(Cl)CCCCCOCl. The predicted octanol–water partition coefficient (Wildman–Crippen LogP) is 2.48. The van der Waals surface area contributed by atoms with Gasteiger partial charge >= 0.3 is 0 Å². The molecule has 0 aromatic carbocycles. The molecule has 0 radical (unpaired) electrons. The van der Waals surface area contributed by atoms with Crippen molar-refractivity contribution < 1.29 is 9.08 Å². The molecule has 10 heavy (non-hydrogen) atoms. The largest absolute Gasteiger partial charge is 0.281 e. The fourth-order valence-electron chi connectivity index (χ4n) is 0.597. The van der Waals surface area contributed by atoms with Gasteiger partial charge in [-0.2, -0.15) is 0 Å². The minimum absolute atomic E-state index is 0.271. The van der Waals surface area contributed by atoms with Crippen LogP contribution in [-0.2, 0) is 9.08 Å². The molecule has 0 heterocycles. The Morgan fingerprint density at radius 1 is 1.30 bits per heavy atom. The molecule has 0 bridgehead atoms. The molecule has 0 aliphatic rings. The van der Waals surface area contributed by atoms with Crippen molar-refractivity contribution in [3.63, 3.8) is 0 Å². The summed E-state index contributed by atoms with van der Waals surface area (Å²) in [7, 11) is 0. The van der Waals surface area contributed by atoms with Gasteiger partial charge in [0.1, 0.15) is 0 Å². The third-order valence-electron chi connectivity index (χ3n) is 1.09. The lowest BCUT2D eigenvalue weighted by atomic mass is 10.2. The average molecular weight is 185 g/mol. The third kappa shape index (κ3) is 8.21. The van der Waals surface area contributed by atoms with E-state index in [0.29, 0.717) is 13.0 Å². The fourth-order valence-corrected chi connectivity index (χ4v) is 0.840. The zero-order chi connectivity index (χ0) is 7.82. The van der Waals surface area contributed by atoms with Gasteiger partial charge in [-0.1, -0.05) is 6.42 Å². The fraction of sp³-hybridized carbons (Fsp3) is 0.833. The van der Waals surface area contributed by atoms with E-state index in [1.165, 1.54) is 0 Å². The Hall–Kier alpha value is 0.210. The highest BCUT2D eigenvalue weighted by molar-refractivity contribution is 6.63. The first kappa shape index (κ1) is 10.2. The molecule has 0 atom stereocenters. The van der Waals surface area contributed by atoms with Crippen LogP contribution < -0.4 is 0 Å². The van der Waals surface area contributed by atoms with Crippen molar-refractivity contribution in [2.45, 2.75) is 25.7 Å². The molecule has 2 nitrogen and oxygen atoms in total. The Balaban J connectivity index is 2.84. The van der Waals surface area contributed by atoms with Crippen LogP contribution in [0.15, 0.2) is 0 Å². The van der Waals surface area contributed by atoms with Crippen molar-refractivity contribution in [2.24, 2.45) is 0 Å². The maximum Gasteiger partial charge on any atom is 0.221 e. The summed E-state index contributed by atoms with van der Waals surface area (Å²) in [5, 5.41) is -0.271. The second kappa shape index (κ2) is 7.32. The van der Waals surface area contributed by atoms with E-state index in [4.69, 9.17) is 23.5 Å². The predicted molar refractivity (Wildman–Crippen MR) is 41.1 cm³/mol. The number of rotatable bonds is 6. The summed E-state index contributed by atoms with van der Waals surface area (Å²) >= 11 is 10.0. The van der Waals surface area contributed by atoms with Crippen LogP contribution in [0.4, 0.5) is 0 Å². The number of halogens is 2. The lowest BCUT2D eigenvalue weighted by molar-refractivity contribution is -0.111. The van der Waals surface area contributed by atoms with E-state index in [1.54, 1.807) is 0 Å². The van der Waals surface area contributed by atoms with Gasteiger partial charge in [0.15, 0.2) is 0 Å². The highest BCUT2D eigenvalue weighted by Gasteiger charge is 1.94. The van der Waals surface area contributed by atoms with E-state index in [-0.39, 0.29) is 5.24 Å². The normalized spacial score (nSPS) is 9.80. The van der Waals surface area contributed by atoms with Crippen LogP contribution in [0.25, 0.3) is 0 Å². The summed E-state index contributed by atoms with van der Waals surface area (Å²) < 4.78 is 4.30. The number of hydrogen-bond donors (Lipinski definition) is 0. The molecule has 0 aliphatic carbocycles. The molecule has 0 spiro atoms. The van der Waals surface area contributed by atoms with Gasteiger partial charge in [-0.05, 0) is 24.4 Å². The van der Waals surface area contributed by atoms with Crippen molar-refractivity contribution in [3.8, 4) is 0 Å². The van der Waals surface area contributed by atoms with Crippen molar-refractivity contribution in [1.82, 2.24) is 0 Å². The Morgan fingerprint density at radius 3 is 2.50 bits per heavy atom. The second-order valence-electron chi connectivity index (χ2n) is 1.98. The molecule has 0 unspecified atom stereocenters. The van der Waals surface area contributed by atoms with E-state index in [2.05, 4.69) is 4.29 Å². The number of carbonyl (C=O) groups is 1. The molecule has 0 aliphatic heterocycles. The monoisotopic (exact) mass is 184 g/mol. The Labute approximate surface area is 70.6 Å². The van der Waals surface area contributed by atoms with Crippen LogP contribution in [0.5, 0.6) is 0 Å². The van der Waals surface area contributed by atoms with E-state index in [0.717, 1.165) is 19.3 Å². The summed E-state index contributed by atoms with van der Waals surface area (Å²) in [5.41, 5.74) is 0. The second-order valence-corrected chi connectivity index (χ2v) is 2.62. The van der Waals surface area contributed by atoms with Gasteiger partial charge in [0, 0.05) is 6.42 Å². The first-order valence-electron chi connectivity index (χ1n) is 3.19. The van der Waals surface area contributed by atoms with Crippen LogP contribution in [0.3, 0.4) is 0 Å². The Morgan fingerprint density at radius 2 is 2.00 bits per heavy atom. The summed E-state index contributed by atoms with van der Waals surface area (Å²) in [5.74, 6) is 0. The molecule has 0 saturated heterocycles. The summed E-state index contributed by atoms with van der Waals surface area (Å²) in [6.45, 7) is 0.540. The molecule has 0 aromatic rings. The van der Waals surface area contributed by atoms with Gasteiger partial charge in [0.25, 0.3) is 0 Å². The van der Waals surface area contributed by atoms with E-state index < -0.39 is 0 Å². The smallest absolute Gasteiger partial charge is 0.221 e. The first-order valence-corrected chi connectivity index (χ1v) is 3.88. The van der Waals surface area contributed by atoms with Crippen molar-refractivity contribution in [2.75, 3.05) is 6.61 Å². The first-order chi connectivity index (χ1) is 4.77. The maximum absolute atomic E-state index is 10.2. The van der Waals surface area contributed by atoms with Crippen LogP contribution >= 0.6 is 23.5 Å². The topological polar surface area (TPSA) is 26.3 Å². The number of unbranched alkanes of at least 4 members (excludes halogenated alkanes) is 2. The highest BCUT2D eigenvalue weighted by atomic mass is 35.5. The zero-order valence-electron chi connectivity index (χ0n) is 5.61. The molecular weight excluding hydrogens is 175 g/mol. The van der Waals surface area contributed by atoms with Gasteiger partial charge in [0.05, 0.1) is 18.5 Å². The van der Waals surface area contributed by atoms with Crippen molar-refractivity contribution in [3.05, 3.63) is 0 Å². The summed E-state index contributed by atoms with van der Waals surface area (Å²) in [6.07, 6.45) is 3.09. The number of carbonyl (C=O) groups excluding carboxylic acids is 1. The molecule has 0 N–H and O–H groups in total. The van der Waals surface area contributed by atoms with Crippen molar-refractivity contribution >= 4 is 28.7 Å². The van der Waals surface area contributed by atoms with Crippen LogP contribution in [0.1, 0.15) is 25.7 Å². The standard InChI is InChI=1S/C6H10Cl2O2/c7-6(9)4-2-1-3-5-10-8/h1-5H2. The van der Waals surface area contributed by atoms with Crippen LogP contribution in [-0.4, -0.2) is 11.8 Å². The quantitative estimate of drug-likeness (QED) is 0.469. The van der Waals surface area contributed by atoms with E-state index >= 15 is 0 Å². The van der Waals surface area contributed by atoms with E-state index in [9.17, 15) is 4.79 Å². The Bertz CT molecular complexity index is 95.7. The minimum Gasteiger partial charge on any atom is -0.281 e. The van der Waals surface area contributed by atoms with Crippen molar-refractivity contribution in [1.29, 1.82) is 0 Å². The molecule has 0 aromatic heterocycles. The zero-order valence-corrected chi connectivity index (χ0v) is 7.12. The van der Waals surface area contributed by atoms with Crippen LogP contribution in [0.2, 0.25) is 0 Å². The minimum atomic E-state index is -0.271. The van der Waals surface area contributed by atoms with Gasteiger partial charge in [-0.25, -0.2) is 0 Å². The van der Waals surface area contributed by atoms with Gasteiger partial charge in [-0.15, -0.1) is 0 Å². The highest BCUT2D eigenvalue weighted by Crippen LogP contribution is 2.02. The Kier molecular flexibility index (Phi) is 7.47.